The lowest BCUT2D eigenvalue weighted by Crippen LogP contribution is -2.23. The lowest BCUT2D eigenvalue weighted by Gasteiger charge is -2.27. The minimum absolute atomic E-state index is 0.110. The minimum atomic E-state index is -0.915. The van der Waals surface area contributed by atoms with Gasteiger partial charge in [-0.3, -0.25) is 0 Å². The molecule has 4 heteroatoms. The van der Waals surface area contributed by atoms with Crippen molar-refractivity contribution in [3.63, 3.8) is 0 Å². The van der Waals surface area contributed by atoms with E-state index in [9.17, 15) is 13.2 Å². The van der Waals surface area contributed by atoms with E-state index >= 15 is 0 Å². The summed E-state index contributed by atoms with van der Waals surface area (Å²) in [6.45, 7) is 1.87. The van der Waals surface area contributed by atoms with E-state index in [4.69, 9.17) is 5.26 Å². The molecule has 1 saturated carbocycles. The number of nitriles is 1. The highest BCUT2D eigenvalue weighted by Gasteiger charge is 2.42. The Bertz CT molecular complexity index is 479. The molecule has 0 heterocycles. The highest BCUT2D eigenvalue weighted by molar-refractivity contribution is 5.23. The van der Waals surface area contributed by atoms with Crippen LogP contribution in [-0.4, -0.2) is 0 Å². The van der Waals surface area contributed by atoms with Gasteiger partial charge < -0.3 is 0 Å². The topological polar surface area (TPSA) is 23.8 Å². The van der Waals surface area contributed by atoms with E-state index < -0.39 is 22.9 Å². The van der Waals surface area contributed by atoms with Crippen LogP contribution in [0.1, 0.15) is 31.7 Å². The molecule has 0 spiro atoms. The Morgan fingerprint density at radius 3 is 2.28 bits per heavy atom. The molecular formula is C14H14F3N. The zero-order valence-electron chi connectivity index (χ0n) is 10.1. The van der Waals surface area contributed by atoms with Crippen molar-refractivity contribution >= 4 is 0 Å². The molecule has 1 aliphatic rings. The second-order valence-electron chi connectivity index (χ2n) is 5.29. The van der Waals surface area contributed by atoms with E-state index in [1.807, 2.05) is 6.92 Å². The van der Waals surface area contributed by atoms with Gasteiger partial charge in [-0.05, 0) is 30.6 Å². The van der Waals surface area contributed by atoms with Gasteiger partial charge >= 0.3 is 0 Å². The largest absolute Gasteiger partial charge is 0.207 e. The lowest BCUT2D eigenvalue weighted by molar-refractivity contribution is 0.269. The maximum Gasteiger partial charge on any atom is 0.132 e. The third-order valence-electron chi connectivity index (χ3n) is 3.73. The lowest BCUT2D eigenvalue weighted by atomic mass is 9.76. The van der Waals surface area contributed by atoms with E-state index in [-0.39, 0.29) is 18.4 Å². The summed E-state index contributed by atoms with van der Waals surface area (Å²) in [5, 5.41) is 8.84. The van der Waals surface area contributed by atoms with Crippen molar-refractivity contribution in [1.82, 2.24) is 0 Å². The second kappa shape index (κ2) is 4.64. The fraction of sp³-hybridized carbons (Fsp3) is 0.500. The number of halogens is 3. The molecule has 0 bridgehead atoms. The van der Waals surface area contributed by atoms with Crippen LogP contribution in [0, 0.1) is 40.1 Å². The van der Waals surface area contributed by atoms with Gasteiger partial charge in [0.1, 0.15) is 17.5 Å². The van der Waals surface area contributed by atoms with E-state index in [0.29, 0.717) is 18.1 Å². The van der Waals surface area contributed by atoms with E-state index in [2.05, 4.69) is 6.07 Å². The average molecular weight is 253 g/mol. The number of nitrogens with zero attached hydrogens (tertiary/aromatic N) is 1. The number of hydrogen-bond acceptors (Lipinski definition) is 1. The molecule has 1 fully saturated rings. The summed E-state index contributed by atoms with van der Waals surface area (Å²) < 4.78 is 40.0. The Kier molecular flexibility index (Phi) is 3.34. The molecule has 0 aromatic heterocycles. The first kappa shape index (κ1) is 12.9. The van der Waals surface area contributed by atoms with Crippen LogP contribution in [0.5, 0.6) is 0 Å². The zero-order chi connectivity index (χ0) is 13.3. The molecule has 1 aromatic carbocycles. The van der Waals surface area contributed by atoms with Crippen LogP contribution in [0.15, 0.2) is 12.1 Å². The first-order valence-corrected chi connectivity index (χ1v) is 5.96. The highest BCUT2D eigenvalue weighted by Crippen LogP contribution is 2.49. The molecule has 1 atom stereocenters. The van der Waals surface area contributed by atoms with Crippen LogP contribution in [0.25, 0.3) is 0 Å². The van der Waals surface area contributed by atoms with Gasteiger partial charge in [0.2, 0.25) is 0 Å². The zero-order valence-corrected chi connectivity index (χ0v) is 10.1. The van der Waals surface area contributed by atoms with Gasteiger partial charge in [0, 0.05) is 24.1 Å². The summed E-state index contributed by atoms with van der Waals surface area (Å²) >= 11 is 0. The molecule has 1 nitrogen and oxygen atoms in total. The van der Waals surface area contributed by atoms with Gasteiger partial charge in [-0.15, -0.1) is 0 Å². The van der Waals surface area contributed by atoms with Crippen LogP contribution < -0.4 is 0 Å². The molecule has 18 heavy (non-hydrogen) atoms. The van der Waals surface area contributed by atoms with E-state index in [0.717, 1.165) is 12.8 Å². The maximum atomic E-state index is 13.6. The van der Waals surface area contributed by atoms with E-state index in [1.54, 1.807) is 0 Å². The normalized spacial score (nSPS) is 18.2. The van der Waals surface area contributed by atoms with Crippen molar-refractivity contribution in [2.45, 2.75) is 32.6 Å². The quantitative estimate of drug-likeness (QED) is 0.796. The van der Waals surface area contributed by atoms with Crippen molar-refractivity contribution < 1.29 is 13.2 Å². The minimum Gasteiger partial charge on any atom is -0.207 e. The number of hydrogen-bond donors (Lipinski definition) is 0. The molecule has 0 N–H and O–H groups in total. The Balaban J connectivity index is 2.30. The Morgan fingerprint density at radius 1 is 1.28 bits per heavy atom. The fourth-order valence-electron chi connectivity index (χ4n) is 2.46. The summed E-state index contributed by atoms with van der Waals surface area (Å²) in [6.07, 6.45) is 2.38. The first-order valence-electron chi connectivity index (χ1n) is 5.96. The average Bonchev–Trinajstić information content (AvgIpc) is 3.07. The maximum absolute atomic E-state index is 13.6. The summed E-state index contributed by atoms with van der Waals surface area (Å²) in [4.78, 5) is 0. The van der Waals surface area contributed by atoms with Gasteiger partial charge in [-0.1, -0.05) is 6.92 Å². The van der Waals surface area contributed by atoms with E-state index in [1.165, 1.54) is 0 Å². The van der Waals surface area contributed by atoms with Crippen molar-refractivity contribution in [2.75, 3.05) is 0 Å². The number of rotatable bonds is 4. The summed E-state index contributed by atoms with van der Waals surface area (Å²) in [5.74, 6) is -2.31. The van der Waals surface area contributed by atoms with Crippen molar-refractivity contribution in [3.05, 3.63) is 35.1 Å². The van der Waals surface area contributed by atoms with Crippen molar-refractivity contribution in [3.8, 4) is 6.07 Å². The Labute approximate surface area is 104 Å². The Hall–Kier alpha value is -1.50. The molecule has 2 rings (SSSR count). The van der Waals surface area contributed by atoms with Gasteiger partial charge in [-0.2, -0.15) is 5.26 Å². The van der Waals surface area contributed by atoms with Crippen LogP contribution in [0.3, 0.4) is 0 Å². The molecule has 0 amide bonds. The van der Waals surface area contributed by atoms with Crippen LogP contribution >= 0.6 is 0 Å². The molecule has 96 valence electrons. The molecular weight excluding hydrogens is 239 g/mol. The standard InChI is InChI=1S/C14H14F3N/c1-14(4-5-18,9-2-3-9)8-11-12(16)6-10(15)7-13(11)17/h6-7,9H,2-4,8H2,1H3. The SMILES string of the molecule is CC(CC#N)(Cc1c(F)cc(F)cc1F)C1CC1. The first-order chi connectivity index (χ1) is 8.46. The molecule has 0 aliphatic heterocycles. The van der Waals surface area contributed by atoms with Gasteiger partial charge in [-0.25, -0.2) is 13.2 Å². The third kappa shape index (κ3) is 2.50. The van der Waals surface area contributed by atoms with Crippen molar-refractivity contribution in [2.24, 2.45) is 11.3 Å². The summed E-state index contributed by atoms with van der Waals surface area (Å²) in [5.41, 5.74) is -0.533. The molecule has 0 saturated heterocycles. The monoisotopic (exact) mass is 253 g/mol. The van der Waals surface area contributed by atoms with Gasteiger partial charge in [0.25, 0.3) is 0 Å². The van der Waals surface area contributed by atoms with Gasteiger partial charge in [0.15, 0.2) is 0 Å². The van der Waals surface area contributed by atoms with Crippen LogP contribution in [0.2, 0.25) is 0 Å². The van der Waals surface area contributed by atoms with Crippen LogP contribution in [0.4, 0.5) is 13.2 Å². The predicted octanol–water partition coefficient (Wildman–Crippen LogP) is 3.98. The summed E-state index contributed by atoms with van der Waals surface area (Å²) in [7, 11) is 0. The molecule has 1 aromatic rings. The molecule has 1 unspecified atom stereocenters. The molecule has 0 radical (unpaired) electrons. The highest BCUT2D eigenvalue weighted by atomic mass is 19.1. The second-order valence-corrected chi connectivity index (χ2v) is 5.29. The summed E-state index contributed by atoms with van der Waals surface area (Å²) in [6, 6.07) is 3.47. The molecule has 1 aliphatic carbocycles. The van der Waals surface area contributed by atoms with Crippen molar-refractivity contribution in [1.29, 1.82) is 5.26 Å². The number of benzene rings is 1. The smallest absolute Gasteiger partial charge is 0.132 e. The third-order valence-corrected chi connectivity index (χ3v) is 3.73. The van der Waals surface area contributed by atoms with Crippen LogP contribution in [-0.2, 0) is 6.42 Å². The fourth-order valence-corrected chi connectivity index (χ4v) is 2.46. The van der Waals surface area contributed by atoms with Gasteiger partial charge in [0.05, 0.1) is 6.07 Å². The predicted molar refractivity (Wildman–Crippen MR) is 61.1 cm³/mol. The Morgan fingerprint density at radius 2 is 1.83 bits per heavy atom.